The molecule has 20 heavy (non-hydrogen) atoms. The second-order valence-electron chi connectivity index (χ2n) is 4.95. The molecule has 0 aliphatic carbocycles. The average molecular weight is 284 g/mol. The third-order valence-corrected chi connectivity index (χ3v) is 3.15. The molecule has 0 fully saturated rings. The number of furan rings is 1. The molecule has 2 unspecified atom stereocenters. The highest BCUT2D eigenvalue weighted by atomic mass is 16.6. The fourth-order valence-corrected chi connectivity index (χ4v) is 1.79. The van der Waals surface area contributed by atoms with Gasteiger partial charge in [0.05, 0.1) is 18.5 Å². The smallest absolute Gasteiger partial charge is 0.433 e. The Labute approximate surface area is 117 Å². The van der Waals surface area contributed by atoms with E-state index in [1.165, 1.54) is 6.07 Å². The van der Waals surface area contributed by atoms with Crippen LogP contribution in [0.15, 0.2) is 16.5 Å². The third kappa shape index (κ3) is 5.40. The molecule has 0 saturated heterocycles. The molecule has 1 rings (SSSR count). The Bertz CT molecular complexity index is 457. The van der Waals surface area contributed by atoms with Crippen molar-refractivity contribution >= 4 is 11.9 Å². The van der Waals surface area contributed by atoms with Gasteiger partial charge in [0.15, 0.2) is 0 Å². The Balaban J connectivity index is 2.23. The minimum atomic E-state index is -0.770. The second kappa shape index (κ2) is 7.64. The maximum atomic E-state index is 10.7. The van der Waals surface area contributed by atoms with Gasteiger partial charge in [-0.3, -0.25) is 14.9 Å². The summed E-state index contributed by atoms with van der Waals surface area (Å²) in [5, 5.41) is 22.4. The first-order valence-electron chi connectivity index (χ1n) is 6.59. The van der Waals surface area contributed by atoms with Gasteiger partial charge in [-0.2, -0.15) is 0 Å². The Morgan fingerprint density at radius 1 is 1.45 bits per heavy atom. The van der Waals surface area contributed by atoms with E-state index in [0.29, 0.717) is 18.7 Å². The highest BCUT2D eigenvalue weighted by Crippen LogP contribution is 2.16. The maximum Gasteiger partial charge on any atom is 0.433 e. The lowest BCUT2D eigenvalue weighted by atomic mass is 10.0. The SMILES string of the molecule is CC(CCCC(C)C(=O)O)NCc1ccc([N+](=O)[O-])o1. The van der Waals surface area contributed by atoms with Gasteiger partial charge in [-0.15, -0.1) is 0 Å². The summed E-state index contributed by atoms with van der Waals surface area (Å²) < 4.78 is 5.03. The monoisotopic (exact) mass is 284 g/mol. The van der Waals surface area contributed by atoms with Gasteiger partial charge in [0.1, 0.15) is 10.7 Å². The fourth-order valence-electron chi connectivity index (χ4n) is 1.79. The number of nitrogens with one attached hydrogen (secondary N) is 1. The highest BCUT2D eigenvalue weighted by Gasteiger charge is 2.13. The van der Waals surface area contributed by atoms with Crippen molar-refractivity contribution < 1.29 is 19.2 Å². The summed E-state index contributed by atoms with van der Waals surface area (Å²) in [4.78, 5) is 20.5. The van der Waals surface area contributed by atoms with Crippen LogP contribution >= 0.6 is 0 Å². The number of carboxylic acids is 1. The Morgan fingerprint density at radius 3 is 2.70 bits per heavy atom. The quantitative estimate of drug-likeness (QED) is 0.533. The summed E-state index contributed by atoms with van der Waals surface area (Å²) in [6.07, 6.45) is 2.31. The molecule has 1 heterocycles. The molecule has 2 atom stereocenters. The molecule has 2 N–H and O–H groups in total. The summed E-state index contributed by atoms with van der Waals surface area (Å²) in [5.74, 6) is -0.837. The van der Waals surface area contributed by atoms with Gasteiger partial charge in [-0.05, 0) is 25.8 Å². The first-order valence-corrected chi connectivity index (χ1v) is 6.59. The Morgan fingerprint density at radius 2 is 2.15 bits per heavy atom. The van der Waals surface area contributed by atoms with Crippen molar-refractivity contribution in [1.29, 1.82) is 0 Å². The zero-order valence-electron chi connectivity index (χ0n) is 11.7. The molecule has 0 spiro atoms. The average Bonchev–Trinajstić information content (AvgIpc) is 2.85. The molecule has 0 radical (unpaired) electrons. The van der Waals surface area contributed by atoms with Crippen molar-refractivity contribution in [1.82, 2.24) is 5.32 Å². The molecule has 0 amide bonds. The maximum absolute atomic E-state index is 10.7. The normalized spacial score (nSPS) is 13.9. The first-order chi connectivity index (χ1) is 9.40. The van der Waals surface area contributed by atoms with Crippen molar-refractivity contribution in [3.05, 3.63) is 28.0 Å². The van der Waals surface area contributed by atoms with E-state index in [4.69, 9.17) is 9.52 Å². The van der Waals surface area contributed by atoms with Crippen LogP contribution in [-0.2, 0) is 11.3 Å². The number of rotatable bonds is 9. The van der Waals surface area contributed by atoms with Crippen molar-refractivity contribution in [2.45, 2.75) is 45.7 Å². The molecule has 7 nitrogen and oxygen atoms in total. The number of aliphatic carboxylic acids is 1. The van der Waals surface area contributed by atoms with Crippen LogP contribution in [0.2, 0.25) is 0 Å². The molecule has 1 aromatic heterocycles. The van der Waals surface area contributed by atoms with Gasteiger partial charge in [0.25, 0.3) is 0 Å². The van der Waals surface area contributed by atoms with E-state index < -0.39 is 10.9 Å². The van der Waals surface area contributed by atoms with Crippen LogP contribution in [-0.4, -0.2) is 22.0 Å². The van der Waals surface area contributed by atoms with E-state index in [1.807, 2.05) is 6.92 Å². The molecule has 0 aromatic carbocycles. The Kier molecular flexibility index (Phi) is 6.17. The number of carbonyl (C=O) groups is 1. The van der Waals surface area contributed by atoms with E-state index >= 15 is 0 Å². The lowest BCUT2D eigenvalue weighted by Crippen LogP contribution is -2.25. The summed E-state index contributed by atoms with van der Waals surface area (Å²) in [6.45, 7) is 4.11. The van der Waals surface area contributed by atoms with E-state index in [1.54, 1.807) is 13.0 Å². The zero-order chi connectivity index (χ0) is 15.1. The van der Waals surface area contributed by atoms with Crippen molar-refractivity contribution in [3.8, 4) is 0 Å². The molecule has 0 aliphatic rings. The minimum absolute atomic E-state index is 0.195. The molecular weight excluding hydrogens is 264 g/mol. The molecule has 1 aromatic rings. The van der Waals surface area contributed by atoms with Crippen LogP contribution < -0.4 is 5.32 Å². The van der Waals surface area contributed by atoms with Crippen LogP contribution in [0.25, 0.3) is 0 Å². The summed E-state index contributed by atoms with van der Waals surface area (Å²) in [6, 6.07) is 3.10. The molecule has 0 aliphatic heterocycles. The largest absolute Gasteiger partial charge is 0.481 e. The molecule has 7 heteroatoms. The van der Waals surface area contributed by atoms with Gasteiger partial charge < -0.3 is 14.8 Å². The molecule has 0 bridgehead atoms. The van der Waals surface area contributed by atoms with E-state index in [-0.39, 0.29) is 17.8 Å². The number of carboxylic acid groups (broad SMARTS) is 1. The van der Waals surface area contributed by atoms with Crippen LogP contribution in [0.1, 0.15) is 38.9 Å². The van der Waals surface area contributed by atoms with E-state index in [2.05, 4.69) is 5.32 Å². The van der Waals surface area contributed by atoms with Crippen molar-refractivity contribution in [2.24, 2.45) is 5.92 Å². The van der Waals surface area contributed by atoms with Gasteiger partial charge in [0, 0.05) is 6.04 Å². The van der Waals surface area contributed by atoms with Crippen LogP contribution in [0, 0.1) is 16.0 Å². The molecule has 0 saturated carbocycles. The van der Waals surface area contributed by atoms with E-state index in [9.17, 15) is 14.9 Å². The number of hydrogen-bond donors (Lipinski definition) is 2. The fraction of sp³-hybridized carbons (Fsp3) is 0.615. The highest BCUT2D eigenvalue weighted by molar-refractivity contribution is 5.69. The number of hydrogen-bond acceptors (Lipinski definition) is 5. The van der Waals surface area contributed by atoms with Gasteiger partial charge >= 0.3 is 11.9 Å². The van der Waals surface area contributed by atoms with Crippen LogP contribution in [0.5, 0.6) is 0 Å². The first kappa shape index (κ1) is 16.2. The van der Waals surface area contributed by atoms with Crippen molar-refractivity contribution in [2.75, 3.05) is 0 Å². The van der Waals surface area contributed by atoms with Gasteiger partial charge in [-0.25, -0.2) is 0 Å². The predicted octanol–water partition coefficient (Wildman–Crippen LogP) is 2.56. The molecular formula is C13H20N2O5. The number of nitrogens with zero attached hydrogens (tertiary/aromatic N) is 1. The lowest BCUT2D eigenvalue weighted by Gasteiger charge is -2.13. The van der Waals surface area contributed by atoms with Crippen molar-refractivity contribution in [3.63, 3.8) is 0 Å². The summed E-state index contributed by atoms with van der Waals surface area (Å²) in [5.41, 5.74) is 0. The summed E-state index contributed by atoms with van der Waals surface area (Å²) >= 11 is 0. The number of nitro groups is 1. The summed E-state index contributed by atoms with van der Waals surface area (Å²) in [7, 11) is 0. The van der Waals surface area contributed by atoms with Crippen LogP contribution in [0.4, 0.5) is 5.88 Å². The van der Waals surface area contributed by atoms with Gasteiger partial charge in [-0.1, -0.05) is 13.3 Å². The predicted molar refractivity (Wildman–Crippen MR) is 72.3 cm³/mol. The Hall–Kier alpha value is -1.89. The second-order valence-corrected chi connectivity index (χ2v) is 4.95. The minimum Gasteiger partial charge on any atom is -0.481 e. The molecule has 112 valence electrons. The van der Waals surface area contributed by atoms with Gasteiger partial charge in [0.2, 0.25) is 0 Å². The van der Waals surface area contributed by atoms with Crippen LogP contribution in [0.3, 0.4) is 0 Å². The standard InChI is InChI=1S/C13H20N2O5/c1-9(13(16)17)4-3-5-10(2)14-8-11-6-7-12(20-11)15(18)19/h6-7,9-10,14H,3-5,8H2,1-2H3,(H,16,17). The topological polar surface area (TPSA) is 106 Å². The lowest BCUT2D eigenvalue weighted by molar-refractivity contribution is -0.402. The van der Waals surface area contributed by atoms with E-state index in [0.717, 1.165) is 12.8 Å². The third-order valence-electron chi connectivity index (χ3n) is 3.15. The zero-order valence-corrected chi connectivity index (χ0v) is 11.7.